The number of aliphatic hydroxyl groups excluding tert-OH is 1. The zero-order chi connectivity index (χ0) is 22.6. The zero-order valence-electron chi connectivity index (χ0n) is 18.8. The monoisotopic (exact) mass is 441 g/mol. The van der Waals surface area contributed by atoms with Crippen LogP contribution < -0.4 is 5.32 Å². The minimum Gasteiger partial charge on any atom is -0.449 e. The number of benzene rings is 3. The van der Waals surface area contributed by atoms with Gasteiger partial charge in [0.25, 0.3) is 0 Å². The van der Waals surface area contributed by atoms with Gasteiger partial charge in [0.15, 0.2) is 0 Å². The average Bonchev–Trinajstić information content (AvgIpc) is 3.54. The van der Waals surface area contributed by atoms with E-state index in [0.717, 1.165) is 25.7 Å². The molecule has 33 heavy (non-hydrogen) atoms. The molecule has 1 amide bonds. The van der Waals surface area contributed by atoms with Crippen LogP contribution in [-0.4, -0.2) is 30.5 Å². The second-order valence-corrected chi connectivity index (χ2v) is 9.37. The third-order valence-electron chi connectivity index (χ3n) is 7.18. The van der Waals surface area contributed by atoms with Gasteiger partial charge in [-0.2, -0.15) is 0 Å². The Labute approximate surface area is 195 Å². The Morgan fingerprint density at radius 3 is 2.18 bits per heavy atom. The van der Waals surface area contributed by atoms with Crippen molar-refractivity contribution in [3.05, 3.63) is 95.6 Å². The molecule has 0 saturated heterocycles. The van der Waals surface area contributed by atoms with Crippen LogP contribution >= 0.6 is 0 Å². The molecule has 3 aromatic carbocycles. The first-order valence-corrected chi connectivity index (χ1v) is 12.0. The summed E-state index contributed by atoms with van der Waals surface area (Å²) in [6.07, 6.45) is 3.36. The van der Waals surface area contributed by atoms with E-state index in [9.17, 15) is 9.90 Å². The fourth-order valence-corrected chi connectivity index (χ4v) is 5.23. The smallest absolute Gasteiger partial charge is 0.407 e. The van der Waals surface area contributed by atoms with Crippen LogP contribution in [0.15, 0.2) is 78.9 Å². The lowest BCUT2D eigenvalue weighted by Crippen LogP contribution is -2.37. The summed E-state index contributed by atoms with van der Waals surface area (Å²) >= 11 is 0. The molecular weight excluding hydrogens is 410 g/mol. The predicted octanol–water partition coefficient (Wildman–Crippen LogP) is 5.55. The quantitative estimate of drug-likeness (QED) is 0.458. The van der Waals surface area contributed by atoms with Crippen molar-refractivity contribution < 1.29 is 14.6 Å². The Morgan fingerprint density at radius 2 is 1.55 bits per heavy atom. The average molecular weight is 442 g/mol. The Balaban J connectivity index is 1.21. The van der Waals surface area contributed by atoms with E-state index >= 15 is 0 Å². The number of alkyl carbamates (subject to hydrolysis) is 1. The fourth-order valence-electron chi connectivity index (χ4n) is 5.23. The number of carbonyl (C=O) groups is 1. The minimum atomic E-state index is -0.351. The van der Waals surface area contributed by atoms with Crippen LogP contribution in [0.2, 0.25) is 0 Å². The van der Waals surface area contributed by atoms with Crippen LogP contribution in [0.5, 0.6) is 0 Å². The second-order valence-electron chi connectivity index (χ2n) is 9.37. The molecule has 2 N–H and O–H groups in total. The van der Waals surface area contributed by atoms with Gasteiger partial charge in [0, 0.05) is 18.6 Å². The van der Waals surface area contributed by atoms with Gasteiger partial charge in [-0.1, -0.05) is 78.9 Å². The third-order valence-corrected chi connectivity index (χ3v) is 7.18. The molecule has 3 aromatic rings. The lowest BCUT2D eigenvalue weighted by Gasteiger charge is -2.20. The normalized spacial score (nSPS) is 19.4. The van der Waals surface area contributed by atoms with E-state index in [1.54, 1.807) is 0 Å². The van der Waals surface area contributed by atoms with Gasteiger partial charge in [-0.05, 0) is 65.3 Å². The highest BCUT2D eigenvalue weighted by molar-refractivity contribution is 5.79. The molecule has 0 radical (unpaired) electrons. The molecule has 0 unspecified atom stereocenters. The van der Waals surface area contributed by atoms with Gasteiger partial charge in [0.2, 0.25) is 0 Å². The summed E-state index contributed by atoms with van der Waals surface area (Å²) in [4.78, 5) is 12.8. The van der Waals surface area contributed by atoms with Crippen LogP contribution in [-0.2, 0) is 11.2 Å². The summed E-state index contributed by atoms with van der Waals surface area (Å²) in [6, 6.07) is 27.2. The van der Waals surface area contributed by atoms with Gasteiger partial charge in [0.1, 0.15) is 6.61 Å². The summed E-state index contributed by atoms with van der Waals surface area (Å²) in [7, 11) is 0. The highest BCUT2D eigenvalue weighted by atomic mass is 16.5. The minimum absolute atomic E-state index is 0.0439. The van der Waals surface area contributed by atoms with Crippen LogP contribution in [0.1, 0.15) is 41.9 Å². The van der Waals surface area contributed by atoms with Crippen LogP contribution in [0.3, 0.4) is 0 Å². The predicted molar refractivity (Wildman–Crippen MR) is 130 cm³/mol. The number of carbonyl (C=O) groups excluding carboxylic acids is 1. The van der Waals surface area contributed by atoms with Crippen molar-refractivity contribution in [1.29, 1.82) is 0 Å². The molecule has 0 heterocycles. The van der Waals surface area contributed by atoms with E-state index in [1.165, 1.54) is 27.8 Å². The number of hydrogen-bond donors (Lipinski definition) is 2. The van der Waals surface area contributed by atoms with E-state index in [2.05, 4.69) is 53.8 Å². The van der Waals surface area contributed by atoms with Gasteiger partial charge in [-0.3, -0.25) is 0 Å². The van der Waals surface area contributed by atoms with Gasteiger partial charge in [-0.15, -0.1) is 0 Å². The van der Waals surface area contributed by atoms with Gasteiger partial charge < -0.3 is 15.2 Å². The fraction of sp³-hybridized carbons (Fsp3) is 0.345. The van der Waals surface area contributed by atoms with Gasteiger partial charge in [-0.25, -0.2) is 4.79 Å². The highest BCUT2D eigenvalue weighted by Crippen LogP contribution is 2.44. The maximum absolute atomic E-state index is 12.8. The molecule has 0 bridgehead atoms. The number of amides is 1. The summed E-state index contributed by atoms with van der Waals surface area (Å²) in [5.74, 6) is 0.936. The molecule has 1 fully saturated rings. The molecule has 170 valence electrons. The molecule has 5 rings (SSSR count). The van der Waals surface area contributed by atoms with Crippen LogP contribution in [0.25, 0.3) is 11.1 Å². The third kappa shape index (κ3) is 4.96. The first kappa shape index (κ1) is 21.7. The number of fused-ring (bicyclic) bond motifs is 3. The molecule has 0 aromatic heterocycles. The Kier molecular flexibility index (Phi) is 6.45. The van der Waals surface area contributed by atoms with E-state index in [0.29, 0.717) is 18.4 Å². The molecule has 2 aliphatic rings. The maximum Gasteiger partial charge on any atom is 0.407 e. The highest BCUT2D eigenvalue weighted by Gasteiger charge is 2.38. The zero-order valence-corrected chi connectivity index (χ0v) is 18.8. The molecule has 1 saturated carbocycles. The standard InChI is InChI=1S/C29H31NO3/c31-18-22-16-21(22)17-23(15-14-20-8-2-1-3-9-20)30-29(32)33-19-28-26-12-6-4-10-24(26)25-11-5-7-13-27(25)28/h1-13,21-23,28,31H,14-19H2,(H,30,32)/t21-,22+,23+/m0/s1. The number of rotatable bonds is 9. The van der Waals surface area contributed by atoms with Crippen molar-refractivity contribution in [2.45, 2.75) is 37.6 Å². The Bertz CT molecular complexity index is 1050. The topological polar surface area (TPSA) is 58.6 Å². The number of aryl methyl sites for hydroxylation is 1. The maximum atomic E-state index is 12.8. The van der Waals surface area contributed by atoms with Crippen molar-refractivity contribution >= 4 is 6.09 Å². The summed E-state index contributed by atoms with van der Waals surface area (Å²) in [5, 5.41) is 12.6. The number of ether oxygens (including phenoxy) is 1. The Hall–Kier alpha value is -3.11. The van der Waals surface area contributed by atoms with Crippen molar-refractivity contribution in [3.63, 3.8) is 0 Å². The van der Waals surface area contributed by atoms with E-state index in [-0.39, 0.29) is 24.7 Å². The number of aliphatic hydroxyl groups is 1. The molecule has 2 aliphatic carbocycles. The lowest BCUT2D eigenvalue weighted by molar-refractivity contribution is 0.137. The Morgan fingerprint density at radius 1 is 0.909 bits per heavy atom. The summed E-state index contributed by atoms with van der Waals surface area (Å²) in [6.45, 7) is 0.564. The van der Waals surface area contributed by atoms with Gasteiger partial charge in [0.05, 0.1) is 0 Å². The molecule has 0 spiro atoms. The first-order chi connectivity index (χ1) is 16.2. The summed E-state index contributed by atoms with van der Waals surface area (Å²) in [5.41, 5.74) is 6.16. The summed E-state index contributed by atoms with van der Waals surface area (Å²) < 4.78 is 5.78. The van der Waals surface area contributed by atoms with E-state index < -0.39 is 0 Å². The number of hydrogen-bond acceptors (Lipinski definition) is 3. The largest absolute Gasteiger partial charge is 0.449 e. The van der Waals surface area contributed by atoms with Crippen LogP contribution in [0, 0.1) is 11.8 Å². The van der Waals surface area contributed by atoms with Gasteiger partial charge >= 0.3 is 6.09 Å². The van der Waals surface area contributed by atoms with Crippen molar-refractivity contribution in [2.24, 2.45) is 11.8 Å². The second kappa shape index (κ2) is 9.80. The van der Waals surface area contributed by atoms with Crippen LogP contribution in [0.4, 0.5) is 4.79 Å². The SMILES string of the molecule is O=C(N[C@H](CCc1ccccc1)C[C@@H]1C[C@@H]1CO)OCC1c2ccccc2-c2ccccc21. The van der Waals surface area contributed by atoms with Crippen molar-refractivity contribution in [1.82, 2.24) is 5.32 Å². The number of nitrogens with one attached hydrogen (secondary N) is 1. The lowest BCUT2D eigenvalue weighted by atomic mass is 9.98. The molecule has 0 aliphatic heterocycles. The van der Waals surface area contributed by atoms with E-state index in [4.69, 9.17) is 4.74 Å². The molecule has 3 atom stereocenters. The van der Waals surface area contributed by atoms with E-state index in [1.807, 2.05) is 30.3 Å². The molecular formula is C29H31NO3. The molecule has 4 nitrogen and oxygen atoms in total. The van der Waals surface area contributed by atoms with Crippen molar-refractivity contribution in [3.8, 4) is 11.1 Å². The first-order valence-electron chi connectivity index (χ1n) is 12.0. The van der Waals surface area contributed by atoms with Crippen molar-refractivity contribution in [2.75, 3.05) is 13.2 Å². The molecule has 4 heteroatoms.